The number of hydrogen-bond acceptors (Lipinski definition) is 2. The van der Waals surface area contributed by atoms with E-state index in [2.05, 4.69) is 0 Å². The molecule has 2 aromatic carbocycles. The van der Waals surface area contributed by atoms with Crippen molar-refractivity contribution in [2.45, 2.75) is 6.54 Å². The molecule has 0 aliphatic rings. The summed E-state index contributed by atoms with van der Waals surface area (Å²) in [6, 6.07) is 10.7. The molecule has 0 fully saturated rings. The minimum Gasteiger partial charge on any atom is -0.398 e. The van der Waals surface area contributed by atoms with E-state index >= 15 is 0 Å². The van der Waals surface area contributed by atoms with Crippen molar-refractivity contribution >= 4 is 11.4 Å². The Kier molecular flexibility index (Phi) is 3.46. The molecule has 18 heavy (non-hydrogen) atoms. The molecule has 0 radical (unpaired) electrons. The molecular formula is C14H14F2N2. The first-order valence-corrected chi connectivity index (χ1v) is 5.57. The van der Waals surface area contributed by atoms with Gasteiger partial charge in [-0.1, -0.05) is 18.2 Å². The Bertz CT molecular complexity index is 555. The van der Waals surface area contributed by atoms with Gasteiger partial charge in [-0.25, -0.2) is 8.78 Å². The van der Waals surface area contributed by atoms with E-state index in [1.54, 1.807) is 36.2 Å². The molecule has 0 heterocycles. The summed E-state index contributed by atoms with van der Waals surface area (Å²) in [7, 11) is 1.77. The molecule has 0 saturated heterocycles. The average molecular weight is 248 g/mol. The summed E-state index contributed by atoms with van der Waals surface area (Å²) in [4.78, 5) is 1.74. The number of benzene rings is 2. The van der Waals surface area contributed by atoms with Crippen molar-refractivity contribution in [2.75, 3.05) is 17.7 Å². The van der Waals surface area contributed by atoms with Crippen molar-refractivity contribution in [1.82, 2.24) is 0 Å². The van der Waals surface area contributed by atoms with Crippen LogP contribution in [0, 0.1) is 11.6 Å². The summed E-state index contributed by atoms with van der Waals surface area (Å²) in [5.41, 5.74) is 7.35. The predicted molar refractivity (Wildman–Crippen MR) is 69.3 cm³/mol. The summed E-state index contributed by atoms with van der Waals surface area (Å²) < 4.78 is 26.5. The molecule has 0 bridgehead atoms. The third kappa shape index (κ3) is 2.59. The number of halogens is 2. The quantitative estimate of drug-likeness (QED) is 0.845. The van der Waals surface area contributed by atoms with E-state index in [9.17, 15) is 8.78 Å². The van der Waals surface area contributed by atoms with Gasteiger partial charge >= 0.3 is 0 Å². The van der Waals surface area contributed by atoms with Gasteiger partial charge < -0.3 is 10.6 Å². The molecule has 0 amide bonds. The average Bonchev–Trinajstić information content (AvgIpc) is 2.33. The Morgan fingerprint density at radius 1 is 1.11 bits per heavy atom. The van der Waals surface area contributed by atoms with Crippen molar-refractivity contribution < 1.29 is 8.78 Å². The van der Waals surface area contributed by atoms with E-state index in [0.717, 1.165) is 5.56 Å². The van der Waals surface area contributed by atoms with Gasteiger partial charge in [-0.05, 0) is 29.8 Å². The third-order valence-electron chi connectivity index (χ3n) is 2.78. The van der Waals surface area contributed by atoms with Gasteiger partial charge in [0.1, 0.15) is 11.6 Å². The SMILES string of the molecule is CN(Cc1ccc(F)cc1N)c1ccccc1F. The summed E-state index contributed by atoms with van der Waals surface area (Å²) in [5.74, 6) is -0.662. The molecule has 2 nitrogen and oxygen atoms in total. The zero-order valence-electron chi connectivity index (χ0n) is 10.0. The second-order valence-electron chi connectivity index (χ2n) is 4.15. The van der Waals surface area contributed by atoms with Gasteiger partial charge in [-0.3, -0.25) is 0 Å². The lowest BCUT2D eigenvalue weighted by Gasteiger charge is -2.20. The van der Waals surface area contributed by atoms with Gasteiger partial charge in [0.25, 0.3) is 0 Å². The van der Waals surface area contributed by atoms with Crippen LogP contribution in [0.1, 0.15) is 5.56 Å². The van der Waals surface area contributed by atoms with Gasteiger partial charge in [-0.2, -0.15) is 0 Å². The fraction of sp³-hybridized carbons (Fsp3) is 0.143. The lowest BCUT2D eigenvalue weighted by molar-refractivity contribution is 0.621. The highest BCUT2D eigenvalue weighted by atomic mass is 19.1. The summed E-state index contributed by atoms with van der Waals surface area (Å²) >= 11 is 0. The molecule has 0 aliphatic carbocycles. The first kappa shape index (κ1) is 12.4. The topological polar surface area (TPSA) is 29.3 Å². The first-order chi connectivity index (χ1) is 8.58. The lowest BCUT2D eigenvalue weighted by atomic mass is 10.1. The number of nitrogen functional groups attached to an aromatic ring is 1. The molecule has 2 N–H and O–H groups in total. The van der Waals surface area contributed by atoms with E-state index in [1.165, 1.54) is 18.2 Å². The monoisotopic (exact) mass is 248 g/mol. The first-order valence-electron chi connectivity index (χ1n) is 5.57. The van der Waals surface area contributed by atoms with Crippen LogP contribution in [-0.2, 0) is 6.54 Å². The number of hydrogen-bond donors (Lipinski definition) is 1. The van der Waals surface area contributed by atoms with Crippen LogP contribution >= 0.6 is 0 Å². The van der Waals surface area contributed by atoms with Gasteiger partial charge in [-0.15, -0.1) is 0 Å². The number of rotatable bonds is 3. The maximum atomic E-state index is 13.6. The van der Waals surface area contributed by atoms with E-state index < -0.39 is 0 Å². The van der Waals surface area contributed by atoms with Crippen LogP contribution in [0.25, 0.3) is 0 Å². The molecule has 94 valence electrons. The molecule has 4 heteroatoms. The summed E-state index contributed by atoms with van der Waals surface area (Å²) in [5, 5.41) is 0. The van der Waals surface area contributed by atoms with Crippen LogP contribution in [0.4, 0.5) is 20.2 Å². The smallest absolute Gasteiger partial charge is 0.146 e. The lowest BCUT2D eigenvalue weighted by Crippen LogP contribution is -2.18. The van der Waals surface area contributed by atoms with Crippen LogP contribution in [0.5, 0.6) is 0 Å². The fourth-order valence-electron chi connectivity index (χ4n) is 1.81. The second-order valence-corrected chi connectivity index (χ2v) is 4.15. The highest BCUT2D eigenvalue weighted by Gasteiger charge is 2.09. The maximum absolute atomic E-state index is 13.6. The molecule has 0 unspecified atom stereocenters. The van der Waals surface area contributed by atoms with Crippen LogP contribution < -0.4 is 10.6 Å². The summed E-state index contributed by atoms with van der Waals surface area (Å²) in [6.45, 7) is 0.424. The normalized spacial score (nSPS) is 10.4. The Morgan fingerprint density at radius 2 is 1.83 bits per heavy atom. The van der Waals surface area contributed by atoms with E-state index in [-0.39, 0.29) is 11.6 Å². The van der Waals surface area contributed by atoms with Crippen molar-refractivity contribution in [3.05, 3.63) is 59.7 Å². The summed E-state index contributed by atoms with van der Waals surface area (Å²) in [6.07, 6.45) is 0. The second kappa shape index (κ2) is 5.04. The number of nitrogens with zero attached hydrogens (tertiary/aromatic N) is 1. The predicted octanol–water partition coefficient (Wildman–Crippen LogP) is 3.18. The van der Waals surface area contributed by atoms with Gasteiger partial charge in [0.15, 0.2) is 0 Å². The molecular weight excluding hydrogens is 234 g/mol. The van der Waals surface area contributed by atoms with Crippen LogP contribution in [0.3, 0.4) is 0 Å². The molecule has 0 atom stereocenters. The Hall–Kier alpha value is -2.10. The largest absolute Gasteiger partial charge is 0.398 e. The Morgan fingerprint density at radius 3 is 2.50 bits per heavy atom. The van der Waals surface area contributed by atoms with E-state index in [1.807, 2.05) is 0 Å². The number of para-hydroxylation sites is 1. The molecule has 0 aliphatic heterocycles. The van der Waals surface area contributed by atoms with Gasteiger partial charge in [0.05, 0.1) is 5.69 Å². The van der Waals surface area contributed by atoms with Crippen LogP contribution in [-0.4, -0.2) is 7.05 Å². The van der Waals surface area contributed by atoms with Gasteiger partial charge in [0, 0.05) is 19.3 Å². The van der Waals surface area contributed by atoms with Crippen molar-refractivity contribution in [3.63, 3.8) is 0 Å². The molecule has 2 aromatic rings. The zero-order chi connectivity index (χ0) is 13.1. The standard InChI is InChI=1S/C14H14F2N2/c1-18(14-5-3-2-4-12(14)16)9-10-6-7-11(15)8-13(10)17/h2-8H,9,17H2,1H3. The number of nitrogens with two attached hydrogens (primary N) is 1. The van der Waals surface area contributed by atoms with Crippen molar-refractivity contribution in [3.8, 4) is 0 Å². The molecule has 0 saturated carbocycles. The molecule has 2 rings (SSSR count). The maximum Gasteiger partial charge on any atom is 0.146 e. The Balaban J connectivity index is 2.21. The number of anilines is 2. The van der Waals surface area contributed by atoms with E-state index in [4.69, 9.17) is 5.73 Å². The van der Waals surface area contributed by atoms with Crippen molar-refractivity contribution in [2.24, 2.45) is 0 Å². The van der Waals surface area contributed by atoms with Gasteiger partial charge in [0.2, 0.25) is 0 Å². The fourth-order valence-corrected chi connectivity index (χ4v) is 1.81. The van der Waals surface area contributed by atoms with Crippen LogP contribution in [0.15, 0.2) is 42.5 Å². The highest BCUT2D eigenvalue weighted by molar-refractivity contribution is 5.52. The molecule has 0 spiro atoms. The highest BCUT2D eigenvalue weighted by Crippen LogP contribution is 2.21. The molecule has 0 aromatic heterocycles. The third-order valence-corrected chi connectivity index (χ3v) is 2.78. The zero-order valence-corrected chi connectivity index (χ0v) is 10.0. The van der Waals surface area contributed by atoms with Crippen molar-refractivity contribution in [1.29, 1.82) is 0 Å². The van der Waals surface area contributed by atoms with Crippen LogP contribution in [0.2, 0.25) is 0 Å². The van der Waals surface area contributed by atoms with E-state index in [0.29, 0.717) is 17.9 Å². The minimum atomic E-state index is -0.371. The Labute approximate surface area is 105 Å². The minimum absolute atomic E-state index is 0.291.